The van der Waals surface area contributed by atoms with Crippen molar-refractivity contribution < 1.29 is 9.90 Å². The van der Waals surface area contributed by atoms with Gasteiger partial charge in [-0.1, -0.05) is 46.3 Å². The lowest BCUT2D eigenvalue weighted by Gasteiger charge is -2.12. The van der Waals surface area contributed by atoms with Crippen molar-refractivity contribution in [3.05, 3.63) is 64.1 Å². The summed E-state index contributed by atoms with van der Waals surface area (Å²) in [4.78, 5) is 12.0. The minimum Gasteiger partial charge on any atom is -0.378 e. The van der Waals surface area contributed by atoms with Crippen molar-refractivity contribution in [3.63, 3.8) is 0 Å². The molecule has 5 heteroatoms. The fourth-order valence-corrected chi connectivity index (χ4v) is 2.07. The van der Waals surface area contributed by atoms with E-state index in [0.29, 0.717) is 16.8 Å². The van der Waals surface area contributed by atoms with Crippen LogP contribution in [0, 0.1) is 11.3 Å². The molecule has 2 aromatic carbocycles. The van der Waals surface area contributed by atoms with Gasteiger partial charge in [0.25, 0.3) is 5.91 Å². The molecule has 1 unspecified atom stereocenters. The minimum atomic E-state index is -1.28. The second kappa shape index (κ2) is 6.33. The van der Waals surface area contributed by atoms with Gasteiger partial charge in [0.2, 0.25) is 0 Å². The standard InChI is InChI=1S/C15H11BrN2O2/c16-12-7-6-11(9-17)13(8-12)18-15(20)14(19)10-4-2-1-3-5-10/h1-8,14,19H,(H,18,20). The topological polar surface area (TPSA) is 73.1 Å². The van der Waals surface area contributed by atoms with Gasteiger partial charge >= 0.3 is 0 Å². The number of hydrogen-bond acceptors (Lipinski definition) is 3. The van der Waals surface area contributed by atoms with Crippen molar-refractivity contribution >= 4 is 27.5 Å². The third kappa shape index (κ3) is 3.23. The van der Waals surface area contributed by atoms with E-state index >= 15 is 0 Å². The molecule has 0 radical (unpaired) electrons. The Bertz CT molecular complexity index is 665. The largest absolute Gasteiger partial charge is 0.378 e. The minimum absolute atomic E-state index is 0.335. The first-order chi connectivity index (χ1) is 9.61. The van der Waals surface area contributed by atoms with Gasteiger partial charge in [0.1, 0.15) is 6.07 Å². The highest BCUT2D eigenvalue weighted by molar-refractivity contribution is 9.10. The fraction of sp³-hybridized carbons (Fsp3) is 0.0667. The van der Waals surface area contributed by atoms with E-state index < -0.39 is 12.0 Å². The molecule has 2 aromatic rings. The third-order valence-corrected chi connectivity index (χ3v) is 3.22. The first kappa shape index (κ1) is 14.3. The van der Waals surface area contributed by atoms with E-state index in [4.69, 9.17) is 5.26 Å². The molecular weight excluding hydrogens is 320 g/mol. The lowest BCUT2D eigenvalue weighted by atomic mass is 10.1. The Balaban J connectivity index is 2.20. The summed E-state index contributed by atoms with van der Waals surface area (Å²) in [5.41, 5.74) is 1.20. The summed E-state index contributed by atoms with van der Waals surface area (Å²) in [5, 5.41) is 21.5. The highest BCUT2D eigenvalue weighted by Gasteiger charge is 2.18. The lowest BCUT2D eigenvalue weighted by molar-refractivity contribution is -0.124. The van der Waals surface area contributed by atoms with Crippen LogP contribution in [0.5, 0.6) is 0 Å². The van der Waals surface area contributed by atoms with Gasteiger partial charge in [-0.15, -0.1) is 0 Å². The second-order valence-electron chi connectivity index (χ2n) is 4.10. The zero-order chi connectivity index (χ0) is 14.5. The summed E-state index contributed by atoms with van der Waals surface area (Å²) in [7, 11) is 0. The van der Waals surface area contributed by atoms with Crippen molar-refractivity contribution in [1.82, 2.24) is 0 Å². The summed E-state index contributed by atoms with van der Waals surface area (Å²) in [6.07, 6.45) is -1.28. The number of anilines is 1. The number of aliphatic hydroxyl groups is 1. The van der Waals surface area contributed by atoms with Crippen LogP contribution in [0.25, 0.3) is 0 Å². The molecule has 1 amide bonds. The maximum atomic E-state index is 12.0. The Morgan fingerprint density at radius 2 is 1.95 bits per heavy atom. The molecule has 4 nitrogen and oxygen atoms in total. The molecule has 0 bridgehead atoms. The SMILES string of the molecule is N#Cc1ccc(Br)cc1NC(=O)C(O)c1ccccc1. The van der Waals surface area contributed by atoms with Crippen LogP contribution >= 0.6 is 15.9 Å². The Hall–Kier alpha value is -2.16. The van der Waals surface area contributed by atoms with Crippen molar-refractivity contribution in [1.29, 1.82) is 5.26 Å². The summed E-state index contributed by atoms with van der Waals surface area (Å²) < 4.78 is 0.737. The van der Waals surface area contributed by atoms with Crippen LogP contribution in [0.3, 0.4) is 0 Å². The van der Waals surface area contributed by atoms with E-state index in [0.717, 1.165) is 4.47 Å². The highest BCUT2D eigenvalue weighted by Crippen LogP contribution is 2.22. The first-order valence-corrected chi connectivity index (χ1v) is 6.64. The number of nitrogens with zero attached hydrogens (tertiary/aromatic N) is 1. The molecule has 0 saturated carbocycles. The monoisotopic (exact) mass is 330 g/mol. The number of benzene rings is 2. The fourth-order valence-electron chi connectivity index (χ4n) is 1.71. The molecule has 0 aromatic heterocycles. The number of carbonyl (C=O) groups excluding carboxylic acids is 1. The first-order valence-electron chi connectivity index (χ1n) is 5.85. The van der Waals surface area contributed by atoms with Crippen LogP contribution in [-0.2, 0) is 4.79 Å². The summed E-state index contributed by atoms with van der Waals surface area (Å²) in [6, 6.07) is 15.5. The van der Waals surface area contributed by atoms with Crippen molar-refractivity contribution in [2.75, 3.05) is 5.32 Å². The van der Waals surface area contributed by atoms with Crippen molar-refractivity contribution in [2.45, 2.75) is 6.10 Å². The molecule has 1 atom stereocenters. The number of carbonyl (C=O) groups is 1. The van der Waals surface area contributed by atoms with E-state index in [1.54, 1.807) is 48.5 Å². The Morgan fingerprint density at radius 1 is 1.25 bits per heavy atom. The van der Waals surface area contributed by atoms with Gasteiger partial charge in [-0.05, 0) is 23.8 Å². The molecular formula is C15H11BrN2O2. The number of hydrogen-bond donors (Lipinski definition) is 2. The average Bonchev–Trinajstić information content (AvgIpc) is 2.47. The number of rotatable bonds is 3. The number of amides is 1. The summed E-state index contributed by atoms with van der Waals surface area (Å²) in [6.45, 7) is 0. The van der Waals surface area contributed by atoms with Gasteiger partial charge in [-0.3, -0.25) is 4.79 Å². The molecule has 0 heterocycles. The van der Waals surface area contributed by atoms with E-state index in [1.807, 2.05) is 6.07 Å². The van der Waals surface area contributed by atoms with Gasteiger partial charge in [0.15, 0.2) is 6.10 Å². The Kier molecular flexibility index (Phi) is 4.51. The normalized spacial score (nSPS) is 11.4. The van der Waals surface area contributed by atoms with Crippen LogP contribution in [-0.4, -0.2) is 11.0 Å². The van der Waals surface area contributed by atoms with Gasteiger partial charge in [-0.25, -0.2) is 0 Å². The predicted molar refractivity (Wildman–Crippen MR) is 78.9 cm³/mol. The molecule has 2 rings (SSSR count). The maximum absolute atomic E-state index is 12.0. The van der Waals surface area contributed by atoms with Gasteiger partial charge in [-0.2, -0.15) is 5.26 Å². The van der Waals surface area contributed by atoms with E-state index in [1.165, 1.54) is 0 Å². The van der Waals surface area contributed by atoms with Crippen LogP contribution in [0.4, 0.5) is 5.69 Å². The summed E-state index contributed by atoms with van der Waals surface area (Å²) >= 11 is 3.27. The zero-order valence-corrected chi connectivity index (χ0v) is 12.0. The number of nitriles is 1. The molecule has 20 heavy (non-hydrogen) atoms. The maximum Gasteiger partial charge on any atom is 0.257 e. The number of aliphatic hydroxyl groups excluding tert-OH is 1. The van der Waals surface area contributed by atoms with Crippen LogP contribution in [0.15, 0.2) is 53.0 Å². The lowest BCUT2D eigenvalue weighted by Crippen LogP contribution is -2.21. The van der Waals surface area contributed by atoms with Crippen LogP contribution in [0.2, 0.25) is 0 Å². The van der Waals surface area contributed by atoms with Crippen molar-refractivity contribution in [3.8, 4) is 6.07 Å². The third-order valence-electron chi connectivity index (χ3n) is 2.72. The molecule has 0 spiro atoms. The summed E-state index contributed by atoms with van der Waals surface area (Å²) in [5.74, 6) is -0.578. The molecule has 0 saturated heterocycles. The number of halogens is 1. The van der Waals surface area contributed by atoms with Gasteiger partial charge < -0.3 is 10.4 Å². The van der Waals surface area contributed by atoms with Crippen LogP contribution < -0.4 is 5.32 Å². The molecule has 2 N–H and O–H groups in total. The Morgan fingerprint density at radius 3 is 2.60 bits per heavy atom. The van der Waals surface area contributed by atoms with E-state index in [-0.39, 0.29) is 0 Å². The zero-order valence-electron chi connectivity index (χ0n) is 10.4. The van der Waals surface area contributed by atoms with Crippen molar-refractivity contribution in [2.24, 2.45) is 0 Å². The van der Waals surface area contributed by atoms with Gasteiger partial charge in [0, 0.05) is 4.47 Å². The van der Waals surface area contributed by atoms with Crippen LogP contribution in [0.1, 0.15) is 17.2 Å². The molecule has 0 aliphatic carbocycles. The molecule has 0 fully saturated rings. The van der Waals surface area contributed by atoms with E-state index in [9.17, 15) is 9.90 Å². The number of nitrogens with one attached hydrogen (secondary N) is 1. The Labute approximate surface area is 124 Å². The van der Waals surface area contributed by atoms with Gasteiger partial charge in [0.05, 0.1) is 11.3 Å². The van der Waals surface area contributed by atoms with E-state index in [2.05, 4.69) is 21.2 Å². The average molecular weight is 331 g/mol. The second-order valence-corrected chi connectivity index (χ2v) is 5.02. The molecule has 0 aliphatic heterocycles. The smallest absolute Gasteiger partial charge is 0.257 e. The highest BCUT2D eigenvalue weighted by atomic mass is 79.9. The predicted octanol–water partition coefficient (Wildman–Crippen LogP) is 2.99. The molecule has 100 valence electrons. The quantitative estimate of drug-likeness (QED) is 0.908. The molecule has 0 aliphatic rings.